The molecule has 1 aromatic rings. The van der Waals surface area contributed by atoms with E-state index < -0.39 is 11.6 Å². The fourth-order valence-corrected chi connectivity index (χ4v) is 4.95. The summed E-state index contributed by atoms with van der Waals surface area (Å²) in [5.74, 6) is -0.450. The Morgan fingerprint density at radius 3 is 2.90 bits per heavy atom. The Morgan fingerprint density at radius 2 is 2.24 bits per heavy atom. The molecule has 1 fully saturated rings. The van der Waals surface area contributed by atoms with Crippen LogP contribution in [0.2, 0.25) is 0 Å². The van der Waals surface area contributed by atoms with Crippen LogP contribution in [0.25, 0.3) is 0 Å². The summed E-state index contributed by atoms with van der Waals surface area (Å²) in [6.07, 6.45) is 7.80. The van der Waals surface area contributed by atoms with Crippen molar-refractivity contribution in [3.8, 4) is 0 Å². The van der Waals surface area contributed by atoms with Gasteiger partial charge in [0.15, 0.2) is 10.0 Å². The standard InChI is InChI=1S/C20H30N2O5S2/c1-4-5-6-9-20(3,26)10-7-8-16-14(2)27-19(25)22(16)11-12-28-18-21-15(13-29-18)17(23)24/h7-8,13-14,16,26H,4-6,9-12H2,1-3H3,(H,23,24)/b8-7+/t14-,16-,20?/m0/s1. The molecular formula is C20H30N2O5S2. The van der Waals surface area contributed by atoms with Crippen molar-refractivity contribution in [1.82, 2.24) is 9.88 Å². The molecule has 1 aliphatic rings. The summed E-state index contributed by atoms with van der Waals surface area (Å²) in [6, 6.07) is -0.180. The second kappa shape index (κ2) is 11.0. The van der Waals surface area contributed by atoms with Crippen molar-refractivity contribution in [1.29, 1.82) is 0 Å². The number of ether oxygens (including phenoxy) is 1. The molecule has 2 rings (SSSR count). The van der Waals surface area contributed by atoms with Gasteiger partial charge < -0.3 is 14.9 Å². The second-order valence-corrected chi connectivity index (χ2v) is 9.71. The third-order valence-corrected chi connectivity index (χ3v) is 6.83. The molecule has 1 aliphatic heterocycles. The van der Waals surface area contributed by atoms with E-state index in [1.54, 1.807) is 4.90 Å². The summed E-state index contributed by atoms with van der Waals surface area (Å²) in [6.45, 7) is 6.32. The number of carbonyl (C=O) groups is 2. The van der Waals surface area contributed by atoms with Crippen molar-refractivity contribution in [3.05, 3.63) is 23.2 Å². The van der Waals surface area contributed by atoms with Gasteiger partial charge in [-0.05, 0) is 26.7 Å². The Morgan fingerprint density at radius 1 is 1.48 bits per heavy atom. The predicted octanol–water partition coefficient (Wildman–Crippen LogP) is 4.42. The van der Waals surface area contributed by atoms with Crippen molar-refractivity contribution in [3.63, 3.8) is 0 Å². The van der Waals surface area contributed by atoms with Crippen molar-refractivity contribution in [2.45, 2.75) is 75.0 Å². The van der Waals surface area contributed by atoms with Crippen LogP contribution in [0, 0.1) is 0 Å². The van der Waals surface area contributed by atoms with E-state index in [2.05, 4.69) is 11.9 Å². The molecular weight excluding hydrogens is 412 g/mol. The van der Waals surface area contributed by atoms with Gasteiger partial charge in [-0.25, -0.2) is 14.6 Å². The molecule has 0 spiro atoms. The number of carboxylic acids is 1. The minimum atomic E-state index is -1.04. The lowest BCUT2D eigenvalue weighted by Gasteiger charge is -2.23. The summed E-state index contributed by atoms with van der Waals surface area (Å²) < 4.78 is 6.03. The summed E-state index contributed by atoms with van der Waals surface area (Å²) >= 11 is 2.70. The van der Waals surface area contributed by atoms with E-state index in [0.717, 1.165) is 25.7 Å². The molecule has 0 aliphatic carbocycles. The molecule has 162 valence electrons. The van der Waals surface area contributed by atoms with Crippen LogP contribution >= 0.6 is 23.1 Å². The molecule has 3 atom stereocenters. The summed E-state index contributed by atoms with van der Waals surface area (Å²) in [7, 11) is 0. The van der Waals surface area contributed by atoms with Crippen molar-refractivity contribution in [2.24, 2.45) is 0 Å². The Balaban J connectivity index is 1.87. The second-order valence-electron chi connectivity index (χ2n) is 7.51. The van der Waals surface area contributed by atoms with Gasteiger partial charge in [-0.3, -0.25) is 4.90 Å². The molecule has 1 aromatic heterocycles. The topological polar surface area (TPSA) is 100.0 Å². The molecule has 1 amide bonds. The molecule has 1 unspecified atom stereocenters. The lowest BCUT2D eigenvalue weighted by Crippen LogP contribution is -2.36. The average Bonchev–Trinajstić information content (AvgIpc) is 3.21. The van der Waals surface area contributed by atoms with E-state index in [9.17, 15) is 14.7 Å². The first kappa shape index (κ1) is 23.7. The number of cyclic esters (lactones) is 1. The quantitative estimate of drug-likeness (QED) is 0.281. The SMILES string of the molecule is CCCCCC(C)(O)C/C=C/[C@H]1[C@H](C)OC(=O)N1CCSc1nc(C(=O)O)cs1. The van der Waals surface area contributed by atoms with Gasteiger partial charge in [0.2, 0.25) is 0 Å². The minimum Gasteiger partial charge on any atom is -0.476 e. The highest BCUT2D eigenvalue weighted by Crippen LogP contribution is 2.26. The number of thioether (sulfide) groups is 1. The molecule has 9 heteroatoms. The van der Waals surface area contributed by atoms with Crippen molar-refractivity contribution in [2.75, 3.05) is 12.3 Å². The summed E-state index contributed by atoms with van der Waals surface area (Å²) in [4.78, 5) is 28.8. The Bertz CT molecular complexity index is 719. The van der Waals surface area contributed by atoms with Gasteiger partial charge in [0.05, 0.1) is 11.6 Å². The zero-order valence-electron chi connectivity index (χ0n) is 17.2. The molecule has 7 nitrogen and oxygen atoms in total. The minimum absolute atomic E-state index is 0.0403. The van der Waals surface area contributed by atoms with Gasteiger partial charge >= 0.3 is 12.1 Å². The summed E-state index contributed by atoms with van der Waals surface area (Å²) in [5, 5.41) is 20.9. The number of hydrogen-bond donors (Lipinski definition) is 2. The normalized spacial score (nSPS) is 21.5. The van der Waals surface area contributed by atoms with Gasteiger partial charge in [0.1, 0.15) is 6.10 Å². The van der Waals surface area contributed by atoms with Crippen LogP contribution in [-0.4, -0.2) is 62.2 Å². The Hall–Kier alpha value is -1.58. The number of aromatic carboxylic acids is 1. The van der Waals surface area contributed by atoms with Gasteiger partial charge in [0.25, 0.3) is 0 Å². The number of carbonyl (C=O) groups excluding carboxylic acids is 1. The number of carboxylic acid groups (broad SMARTS) is 1. The molecule has 0 radical (unpaired) electrons. The monoisotopic (exact) mass is 442 g/mol. The lowest BCUT2D eigenvalue weighted by molar-refractivity contribution is 0.0511. The van der Waals surface area contributed by atoms with E-state index in [-0.39, 0.29) is 23.9 Å². The van der Waals surface area contributed by atoms with Crippen LogP contribution in [0.3, 0.4) is 0 Å². The van der Waals surface area contributed by atoms with Gasteiger partial charge in [-0.15, -0.1) is 11.3 Å². The number of hydrogen-bond acceptors (Lipinski definition) is 7. The van der Waals surface area contributed by atoms with Crippen LogP contribution in [0.5, 0.6) is 0 Å². The molecule has 1 saturated heterocycles. The fourth-order valence-electron chi connectivity index (χ4n) is 3.14. The van der Waals surface area contributed by atoms with E-state index in [4.69, 9.17) is 9.84 Å². The number of nitrogens with zero attached hydrogens (tertiary/aromatic N) is 2. The lowest BCUT2D eigenvalue weighted by atomic mass is 9.94. The number of thiazole rings is 1. The number of unbranched alkanes of at least 4 members (excludes halogenated alkanes) is 2. The highest BCUT2D eigenvalue weighted by atomic mass is 32.2. The summed E-state index contributed by atoms with van der Waals surface area (Å²) in [5.41, 5.74) is -0.704. The first-order valence-electron chi connectivity index (χ1n) is 9.91. The molecule has 2 heterocycles. The maximum Gasteiger partial charge on any atom is 0.410 e. The smallest absolute Gasteiger partial charge is 0.410 e. The van der Waals surface area contributed by atoms with Crippen LogP contribution in [-0.2, 0) is 4.74 Å². The molecule has 2 N–H and O–H groups in total. The zero-order valence-corrected chi connectivity index (χ0v) is 18.8. The molecule has 0 saturated carbocycles. The van der Waals surface area contributed by atoms with E-state index in [0.29, 0.717) is 23.1 Å². The predicted molar refractivity (Wildman–Crippen MR) is 115 cm³/mol. The number of aromatic nitrogens is 1. The third-order valence-electron chi connectivity index (χ3n) is 4.83. The Kier molecular flexibility index (Phi) is 8.98. The maximum absolute atomic E-state index is 12.2. The van der Waals surface area contributed by atoms with Crippen molar-refractivity contribution < 1.29 is 24.5 Å². The zero-order chi connectivity index (χ0) is 21.4. The molecule has 29 heavy (non-hydrogen) atoms. The largest absolute Gasteiger partial charge is 0.476 e. The van der Waals surface area contributed by atoms with Crippen LogP contribution in [0.4, 0.5) is 4.79 Å². The number of aliphatic hydroxyl groups is 1. The maximum atomic E-state index is 12.2. The van der Waals surface area contributed by atoms with Gasteiger partial charge in [0, 0.05) is 17.7 Å². The van der Waals surface area contributed by atoms with Crippen molar-refractivity contribution >= 4 is 35.2 Å². The highest BCUT2D eigenvalue weighted by Gasteiger charge is 2.37. The van der Waals surface area contributed by atoms with Gasteiger partial charge in [-0.1, -0.05) is 50.1 Å². The Labute approximate surface area is 180 Å². The first-order valence-corrected chi connectivity index (χ1v) is 11.8. The average molecular weight is 443 g/mol. The van der Waals surface area contributed by atoms with Crippen LogP contribution < -0.4 is 0 Å². The number of amides is 1. The van der Waals surface area contributed by atoms with Crippen LogP contribution in [0.15, 0.2) is 21.9 Å². The van der Waals surface area contributed by atoms with Crippen LogP contribution in [0.1, 0.15) is 63.4 Å². The van der Waals surface area contributed by atoms with E-state index in [1.165, 1.54) is 28.5 Å². The van der Waals surface area contributed by atoms with E-state index >= 15 is 0 Å². The fraction of sp³-hybridized carbons (Fsp3) is 0.650. The highest BCUT2D eigenvalue weighted by molar-refractivity contribution is 8.01. The molecule has 0 bridgehead atoms. The molecule has 0 aromatic carbocycles. The van der Waals surface area contributed by atoms with E-state index in [1.807, 2.05) is 26.0 Å². The number of rotatable bonds is 12. The third kappa shape index (κ3) is 7.31. The first-order chi connectivity index (χ1) is 13.7. The van der Waals surface area contributed by atoms with Gasteiger partial charge in [-0.2, -0.15) is 0 Å².